The Balaban J connectivity index is 0.882. The number of nitrogens with zero attached hydrogens (tertiary/aromatic N) is 8. The molecule has 3 aromatic heterocycles. The maximum Gasteiger partial charge on any atom is 0.433 e. The number of benzene rings is 2. The number of H-pyrrole nitrogens is 1. The van der Waals surface area contributed by atoms with Gasteiger partial charge < -0.3 is 25.4 Å². The summed E-state index contributed by atoms with van der Waals surface area (Å²) in [6.07, 6.45) is 5.76. The quantitative estimate of drug-likeness (QED) is 0.105. The minimum Gasteiger partial charge on any atom is -0.342 e. The van der Waals surface area contributed by atoms with Crippen LogP contribution in [0.1, 0.15) is 88.6 Å². The molecular formula is C47H52F3N11O2. The van der Waals surface area contributed by atoms with Crippen LogP contribution in [0.4, 0.5) is 25.1 Å². The molecule has 2 saturated heterocycles. The van der Waals surface area contributed by atoms with Crippen molar-refractivity contribution in [1.29, 1.82) is 0 Å². The number of nitrogens with one attached hydrogen (secondary N) is 3. The zero-order valence-corrected chi connectivity index (χ0v) is 36.0. The van der Waals surface area contributed by atoms with Gasteiger partial charge in [-0.1, -0.05) is 76.2 Å². The van der Waals surface area contributed by atoms with Gasteiger partial charge in [0, 0.05) is 49.5 Å². The molecule has 2 amide bonds. The number of aromatic amines is 1. The van der Waals surface area contributed by atoms with E-state index in [1.165, 1.54) is 0 Å². The van der Waals surface area contributed by atoms with Gasteiger partial charge in [0.1, 0.15) is 23.6 Å². The van der Waals surface area contributed by atoms with Crippen LogP contribution in [0.3, 0.4) is 0 Å². The molecule has 3 N–H and O–H groups in total. The van der Waals surface area contributed by atoms with Crippen LogP contribution >= 0.6 is 0 Å². The van der Waals surface area contributed by atoms with E-state index < -0.39 is 24.0 Å². The highest BCUT2D eigenvalue weighted by atomic mass is 19.4. The number of likely N-dealkylation sites (tertiary alicyclic amines) is 2. The molecule has 4 atom stereocenters. The summed E-state index contributed by atoms with van der Waals surface area (Å²) in [5.41, 5.74) is 6.85. The summed E-state index contributed by atoms with van der Waals surface area (Å²) in [7, 11) is 0. The van der Waals surface area contributed by atoms with Gasteiger partial charge in [0.05, 0.1) is 24.0 Å². The number of hydrogen-bond donors (Lipinski definition) is 3. The Bertz CT molecular complexity index is 2500. The summed E-state index contributed by atoms with van der Waals surface area (Å²) in [5, 5.41) is 6.16. The SMILES string of the molecule is Cc1ccnc(N[C@H](C(=O)N2CCC[C@H]2C2=NC=C(c3ccc(-c4ccc(-c5cnc([C@@H]6CCCN6C(=O)[C@@H](Nc6nccc(C(F)(F)F)n6)C(C)C)[nH]5)cc4)cc3)C2)C(C)C)n1. The molecule has 0 bridgehead atoms. The summed E-state index contributed by atoms with van der Waals surface area (Å²) in [5.74, 6) is 0.457. The van der Waals surface area contributed by atoms with Gasteiger partial charge in [0.2, 0.25) is 23.7 Å². The number of carbonyl (C=O) groups excluding carboxylic acids is 2. The number of rotatable bonds is 13. The van der Waals surface area contributed by atoms with Gasteiger partial charge in [0.25, 0.3) is 0 Å². The third-order valence-electron chi connectivity index (χ3n) is 12.1. The Labute approximate surface area is 364 Å². The molecule has 6 heterocycles. The van der Waals surface area contributed by atoms with Gasteiger partial charge in [-0.3, -0.25) is 14.6 Å². The van der Waals surface area contributed by atoms with Crippen LogP contribution in [0.25, 0.3) is 28.0 Å². The molecule has 0 spiro atoms. The van der Waals surface area contributed by atoms with Crippen molar-refractivity contribution < 1.29 is 22.8 Å². The number of aromatic nitrogens is 6. The number of aliphatic imine (C=N–C) groups is 1. The Morgan fingerprint density at radius 2 is 1.25 bits per heavy atom. The summed E-state index contributed by atoms with van der Waals surface area (Å²) in [6, 6.07) is 17.6. The van der Waals surface area contributed by atoms with Crippen molar-refractivity contribution in [1.82, 2.24) is 39.7 Å². The van der Waals surface area contributed by atoms with Crippen LogP contribution in [0.5, 0.6) is 0 Å². The number of carbonyl (C=O) groups is 2. The molecule has 5 aromatic rings. The molecule has 328 valence electrons. The molecule has 2 aromatic carbocycles. The maximum atomic E-state index is 14.0. The molecule has 0 unspecified atom stereocenters. The number of alkyl halides is 3. The van der Waals surface area contributed by atoms with Crippen molar-refractivity contribution >= 4 is 35.0 Å². The summed E-state index contributed by atoms with van der Waals surface area (Å²) >= 11 is 0. The second-order valence-electron chi connectivity index (χ2n) is 17.2. The van der Waals surface area contributed by atoms with Crippen LogP contribution < -0.4 is 10.6 Å². The summed E-state index contributed by atoms with van der Waals surface area (Å²) in [4.78, 5) is 60.9. The Morgan fingerprint density at radius 1 is 0.714 bits per heavy atom. The first-order chi connectivity index (χ1) is 30.2. The lowest BCUT2D eigenvalue weighted by Gasteiger charge is -2.31. The van der Waals surface area contributed by atoms with Gasteiger partial charge in [-0.05, 0) is 84.4 Å². The van der Waals surface area contributed by atoms with Crippen molar-refractivity contribution in [2.45, 2.75) is 97.1 Å². The fourth-order valence-corrected chi connectivity index (χ4v) is 8.66. The van der Waals surface area contributed by atoms with E-state index in [4.69, 9.17) is 4.99 Å². The predicted molar refractivity (Wildman–Crippen MR) is 236 cm³/mol. The van der Waals surface area contributed by atoms with E-state index >= 15 is 0 Å². The van der Waals surface area contributed by atoms with Crippen molar-refractivity contribution in [2.75, 3.05) is 23.7 Å². The third-order valence-corrected chi connectivity index (χ3v) is 12.1. The summed E-state index contributed by atoms with van der Waals surface area (Å²) < 4.78 is 39.9. The Kier molecular flexibility index (Phi) is 12.4. The molecule has 13 nitrogen and oxygen atoms in total. The Morgan fingerprint density at radius 3 is 1.84 bits per heavy atom. The number of allylic oxidation sites excluding steroid dienone is 1. The van der Waals surface area contributed by atoms with Crippen LogP contribution in [0.2, 0.25) is 0 Å². The lowest BCUT2D eigenvalue weighted by Crippen LogP contribution is -2.49. The van der Waals surface area contributed by atoms with E-state index in [9.17, 15) is 22.8 Å². The van der Waals surface area contributed by atoms with Crippen molar-refractivity contribution in [3.8, 4) is 22.4 Å². The lowest BCUT2D eigenvalue weighted by molar-refractivity contribution is -0.141. The highest BCUT2D eigenvalue weighted by Gasteiger charge is 2.40. The molecule has 3 aliphatic rings. The fraction of sp³-hybridized carbons (Fsp3) is 0.404. The van der Waals surface area contributed by atoms with Gasteiger partial charge >= 0.3 is 6.18 Å². The number of anilines is 2. The van der Waals surface area contributed by atoms with E-state index in [0.29, 0.717) is 37.7 Å². The molecular weight excluding hydrogens is 808 g/mol. The van der Waals surface area contributed by atoms with E-state index in [2.05, 4.69) is 76.9 Å². The van der Waals surface area contributed by atoms with Crippen molar-refractivity contribution in [3.05, 3.63) is 108 Å². The lowest BCUT2D eigenvalue weighted by atomic mass is 9.95. The topological polar surface area (TPSA) is 157 Å². The zero-order chi connectivity index (χ0) is 44.4. The molecule has 63 heavy (non-hydrogen) atoms. The minimum atomic E-state index is -4.63. The highest BCUT2D eigenvalue weighted by molar-refractivity contribution is 6.04. The molecule has 8 rings (SSSR count). The molecule has 2 fully saturated rings. The van der Waals surface area contributed by atoms with E-state index in [0.717, 1.165) is 76.5 Å². The number of imidazole rings is 1. The second kappa shape index (κ2) is 18.1. The molecule has 0 saturated carbocycles. The van der Waals surface area contributed by atoms with Crippen LogP contribution in [0.15, 0.2) is 90.4 Å². The number of hydrogen-bond acceptors (Lipinski definition) is 10. The number of aryl methyl sites for hydroxylation is 1. The van der Waals surface area contributed by atoms with Crippen molar-refractivity contribution in [3.63, 3.8) is 0 Å². The molecule has 3 aliphatic heterocycles. The zero-order valence-electron chi connectivity index (χ0n) is 36.0. The monoisotopic (exact) mass is 859 g/mol. The van der Waals surface area contributed by atoms with Crippen LogP contribution in [-0.2, 0) is 15.8 Å². The third kappa shape index (κ3) is 9.49. The molecule has 16 heteroatoms. The number of halogens is 3. The average molecular weight is 860 g/mol. The van der Waals surface area contributed by atoms with Crippen LogP contribution in [0, 0.1) is 18.8 Å². The number of amides is 2. The standard InChI is InChI=1S/C47H52F3N11O2/c1-27(2)40(58-45-51-20-18-29(5)55-45)43(62)60-22-6-8-37(60)35-24-34(25-53-35)32-12-10-30(11-13-32)31-14-16-33(17-15-31)36-26-54-42(56-36)38-9-7-23-61(38)44(63)41(28(3)4)59-46-52-21-19-39(57-46)47(48,49)50/h10-21,25-28,37-38,40-41H,6-9,22-24H2,1-5H3,(H,54,56)(H,51,55,58)(H,52,57,59)/t37-,38-,40-,41-/m0/s1. The smallest absolute Gasteiger partial charge is 0.342 e. The predicted octanol–water partition coefficient (Wildman–Crippen LogP) is 8.76. The first-order valence-electron chi connectivity index (χ1n) is 21.6. The second-order valence-corrected chi connectivity index (χ2v) is 17.2. The van der Waals surface area contributed by atoms with Gasteiger partial charge in [-0.2, -0.15) is 13.2 Å². The average Bonchev–Trinajstić information content (AvgIpc) is 4.12. The normalized spacial score (nSPS) is 18.8. The van der Waals surface area contributed by atoms with Gasteiger partial charge in [0.15, 0.2) is 0 Å². The van der Waals surface area contributed by atoms with E-state index in [-0.39, 0.29) is 41.7 Å². The fourth-order valence-electron chi connectivity index (χ4n) is 8.66. The molecule has 0 aliphatic carbocycles. The summed E-state index contributed by atoms with van der Waals surface area (Å²) in [6.45, 7) is 10.8. The first-order valence-corrected chi connectivity index (χ1v) is 21.6. The first kappa shape index (κ1) is 43.2. The largest absolute Gasteiger partial charge is 0.433 e. The van der Waals surface area contributed by atoms with E-state index in [1.807, 2.05) is 63.9 Å². The maximum absolute atomic E-state index is 14.0. The van der Waals surface area contributed by atoms with Crippen LogP contribution in [-0.4, -0.2) is 88.4 Å². The van der Waals surface area contributed by atoms with Gasteiger partial charge in [-0.25, -0.2) is 24.9 Å². The Hall–Kier alpha value is -6.45. The van der Waals surface area contributed by atoms with Gasteiger partial charge in [-0.15, -0.1) is 0 Å². The highest BCUT2D eigenvalue weighted by Crippen LogP contribution is 2.35. The van der Waals surface area contributed by atoms with Crippen molar-refractivity contribution in [2.24, 2.45) is 16.8 Å². The molecule has 0 radical (unpaired) electrons. The minimum absolute atomic E-state index is 0.0415. The van der Waals surface area contributed by atoms with E-state index in [1.54, 1.807) is 17.3 Å².